The summed E-state index contributed by atoms with van der Waals surface area (Å²) in [7, 11) is 0. The Balaban J connectivity index is 1.58. The summed E-state index contributed by atoms with van der Waals surface area (Å²) in [5.74, 6) is -0.0822. The Morgan fingerprint density at radius 3 is 2.79 bits per heavy atom. The molecule has 0 aliphatic carbocycles. The number of aryl methyl sites for hydroxylation is 1. The molecule has 0 atom stereocenters. The third-order valence-corrected chi connectivity index (χ3v) is 4.18. The quantitative estimate of drug-likeness (QED) is 0.775. The van der Waals surface area contributed by atoms with Crippen molar-refractivity contribution in [3.8, 4) is 0 Å². The summed E-state index contributed by atoms with van der Waals surface area (Å²) in [5, 5.41) is 3.96. The number of benzene rings is 1. The number of amides is 1. The van der Waals surface area contributed by atoms with Crippen LogP contribution < -0.4 is 10.9 Å². The molecule has 0 aliphatic rings. The maximum atomic E-state index is 12.1. The van der Waals surface area contributed by atoms with Gasteiger partial charge in [0, 0.05) is 36.1 Å². The highest BCUT2D eigenvalue weighted by Crippen LogP contribution is 2.14. The molecule has 6 heteroatoms. The van der Waals surface area contributed by atoms with Crippen molar-refractivity contribution in [3.05, 3.63) is 64.5 Å². The van der Waals surface area contributed by atoms with Crippen LogP contribution in [0.15, 0.2) is 47.7 Å². The number of nitrogens with zero attached hydrogens (tertiary/aromatic N) is 3. The van der Waals surface area contributed by atoms with Crippen LogP contribution >= 0.6 is 0 Å². The molecule has 1 N–H and O–H groups in total. The van der Waals surface area contributed by atoms with E-state index in [2.05, 4.69) is 10.3 Å². The fourth-order valence-corrected chi connectivity index (χ4v) is 2.64. The van der Waals surface area contributed by atoms with Gasteiger partial charge in [-0.25, -0.2) is 4.98 Å². The largest absolute Gasteiger partial charge is 0.353 e. The molecular weight excluding hydrogens is 304 g/mol. The number of hydrogen-bond acceptors (Lipinski definition) is 3. The van der Waals surface area contributed by atoms with Crippen molar-refractivity contribution in [1.29, 1.82) is 0 Å². The van der Waals surface area contributed by atoms with E-state index in [0.29, 0.717) is 18.7 Å². The monoisotopic (exact) mass is 324 g/mol. The molecule has 0 radical (unpaired) electrons. The number of aromatic nitrogens is 3. The van der Waals surface area contributed by atoms with Crippen molar-refractivity contribution in [2.24, 2.45) is 0 Å². The van der Waals surface area contributed by atoms with E-state index in [4.69, 9.17) is 0 Å². The van der Waals surface area contributed by atoms with Gasteiger partial charge in [-0.1, -0.05) is 18.2 Å². The zero-order valence-corrected chi connectivity index (χ0v) is 13.8. The van der Waals surface area contributed by atoms with Crippen molar-refractivity contribution < 1.29 is 4.79 Å². The first-order valence-electron chi connectivity index (χ1n) is 7.89. The van der Waals surface area contributed by atoms with Crippen LogP contribution in [0, 0.1) is 13.8 Å². The Hall–Kier alpha value is -2.89. The van der Waals surface area contributed by atoms with Crippen LogP contribution in [0.2, 0.25) is 0 Å². The van der Waals surface area contributed by atoms with E-state index >= 15 is 0 Å². The van der Waals surface area contributed by atoms with Gasteiger partial charge < -0.3 is 9.88 Å². The van der Waals surface area contributed by atoms with Gasteiger partial charge in [-0.15, -0.1) is 0 Å². The third-order valence-electron chi connectivity index (χ3n) is 4.18. The summed E-state index contributed by atoms with van der Waals surface area (Å²) < 4.78 is 3.43. The van der Waals surface area contributed by atoms with Crippen LogP contribution in [0.1, 0.15) is 11.3 Å². The first-order chi connectivity index (χ1) is 11.6. The van der Waals surface area contributed by atoms with Crippen molar-refractivity contribution in [2.75, 3.05) is 6.54 Å². The summed E-state index contributed by atoms with van der Waals surface area (Å²) >= 11 is 0. The lowest BCUT2D eigenvalue weighted by Crippen LogP contribution is -2.33. The number of fused-ring (bicyclic) bond motifs is 1. The van der Waals surface area contributed by atoms with Crippen LogP contribution in [0.25, 0.3) is 10.9 Å². The van der Waals surface area contributed by atoms with Crippen LogP contribution in [0.4, 0.5) is 0 Å². The SMILES string of the molecule is Cc1ncn(CCNC(=O)Cn2ccc3ccccc32)c(=O)c1C. The predicted molar refractivity (Wildman–Crippen MR) is 92.9 cm³/mol. The maximum Gasteiger partial charge on any atom is 0.256 e. The number of carbonyl (C=O) groups is 1. The van der Waals surface area contributed by atoms with Crippen LogP contribution in [0.3, 0.4) is 0 Å². The molecule has 2 aromatic heterocycles. The highest BCUT2D eigenvalue weighted by atomic mass is 16.2. The van der Waals surface area contributed by atoms with E-state index in [0.717, 1.165) is 16.6 Å². The van der Waals surface area contributed by atoms with Gasteiger partial charge in [-0.3, -0.25) is 14.2 Å². The Kier molecular flexibility index (Phi) is 4.46. The van der Waals surface area contributed by atoms with Crippen molar-refractivity contribution in [1.82, 2.24) is 19.4 Å². The predicted octanol–water partition coefficient (Wildman–Crippen LogP) is 1.63. The van der Waals surface area contributed by atoms with Gasteiger partial charge in [0.05, 0.1) is 6.33 Å². The Morgan fingerprint density at radius 1 is 1.17 bits per heavy atom. The Bertz CT molecular complexity index is 940. The summed E-state index contributed by atoms with van der Waals surface area (Å²) in [6.45, 7) is 4.63. The van der Waals surface area contributed by atoms with Crippen LogP contribution in [-0.4, -0.2) is 26.6 Å². The molecule has 0 saturated carbocycles. The zero-order valence-electron chi connectivity index (χ0n) is 13.8. The second kappa shape index (κ2) is 6.70. The molecule has 0 aliphatic heterocycles. The summed E-state index contributed by atoms with van der Waals surface area (Å²) in [4.78, 5) is 28.4. The fraction of sp³-hybridized carbons (Fsp3) is 0.278. The van der Waals surface area contributed by atoms with E-state index in [-0.39, 0.29) is 18.0 Å². The van der Waals surface area contributed by atoms with Gasteiger partial charge in [-0.05, 0) is 31.4 Å². The molecular formula is C18H20N4O2. The Morgan fingerprint density at radius 2 is 1.96 bits per heavy atom. The van der Waals surface area contributed by atoms with Crippen molar-refractivity contribution in [3.63, 3.8) is 0 Å². The molecule has 0 fully saturated rings. The molecule has 24 heavy (non-hydrogen) atoms. The molecule has 0 spiro atoms. The van der Waals surface area contributed by atoms with Crippen LogP contribution in [0.5, 0.6) is 0 Å². The van der Waals surface area contributed by atoms with Gasteiger partial charge in [0.15, 0.2) is 0 Å². The van der Waals surface area contributed by atoms with Gasteiger partial charge in [-0.2, -0.15) is 0 Å². The summed E-state index contributed by atoms with van der Waals surface area (Å²) in [5.41, 5.74) is 2.35. The molecule has 1 aromatic carbocycles. The van der Waals surface area contributed by atoms with E-state index < -0.39 is 0 Å². The molecule has 0 saturated heterocycles. The van der Waals surface area contributed by atoms with Gasteiger partial charge in [0.1, 0.15) is 6.54 Å². The number of hydrogen-bond donors (Lipinski definition) is 1. The van der Waals surface area contributed by atoms with Gasteiger partial charge >= 0.3 is 0 Å². The second-order valence-corrected chi connectivity index (χ2v) is 5.81. The molecule has 1 amide bonds. The molecule has 0 bridgehead atoms. The van der Waals surface area contributed by atoms with E-state index in [1.54, 1.807) is 6.92 Å². The minimum atomic E-state index is -0.0822. The van der Waals surface area contributed by atoms with Crippen molar-refractivity contribution >= 4 is 16.8 Å². The summed E-state index contributed by atoms with van der Waals surface area (Å²) in [6.07, 6.45) is 3.43. The first kappa shape index (κ1) is 16.0. The fourth-order valence-electron chi connectivity index (χ4n) is 2.64. The van der Waals surface area contributed by atoms with Crippen molar-refractivity contribution in [2.45, 2.75) is 26.9 Å². The highest BCUT2D eigenvalue weighted by Gasteiger charge is 2.07. The number of nitrogens with one attached hydrogen (secondary N) is 1. The smallest absolute Gasteiger partial charge is 0.256 e. The van der Waals surface area contributed by atoms with Crippen LogP contribution in [-0.2, 0) is 17.9 Å². The van der Waals surface area contributed by atoms with E-state index in [1.165, 1.54) is 10.9 Å². The minimum Gasteiger partial charge on any atom is -0.353 e. The number of para-hydroxylation sites is 1. The average Bonchev–Trinajstić information content (AvgIpc) is 2.98. The van der Waals surface area contributed by atoms with Gasteiger partial charge in [0.25, 0.3) is 5.56 Å². The lowest BCUT2D eigenvalue weighted by Gasteiger charge is -2.10. The van der Waals surface area contributed by atoms with Gasteiger partial charge in [0.2, 0.25) is 5.91 Å². The number of carbonyl (C=O) groups excluding carboxylic acids is 1. The third kappa shape index (κ3) is 3.22. The average molecular weight is 324 g/mol. The Labute approximate surface area is 139 Å². The van der Waals surface area contributed by atoms with E-state index in [1.807, 2.05) is 48.0 Å². The highest BCUT2D eigenvalue weighted by molar-refractivity contribution is 5.83. The zero-order chi connectivity index (χ0) is 17.1. The molecule has 124 valence electrons. The topological polar surface area (TPSA) is 68.9 Å². The second-order valence-electron chi connectivity index (χ2n) is 5.81. The maximum absolute atomic E-state index is 12.1. The first-order valence-corrected chi connectivity index (χ1v) is 7.89. The molecule has 3 aromatic rings. The summed E-state index contributed by atoms with van der Waals surface area (Å²) in [6, 6.07) is 9.92. The lowest BCUT2D eigenvalue weighted by molar-refractivity contribution is -0.121. The molecule has 2 heterocycles. The molecule has 6 nitrogen and oxygen atoms in total. The van der Waals surface area contributed by atoms with E-state index in [9.17, 15) is 9.59 Å². The number of rotatable bonds is 5. The molecule has 0 unspecified atom stereocenters. The lowest BCUT2D eigenvalue weighted by atomic mass is 10.2. The standard InChI is InChI=1S/C18H20N4O2/c1-13-14(2)20-12-22(18(13)24)10-8-19-17(23)11-21-9-7-15-5-3-4-6-16(15)21/h3-7,9,12H,8,10-11H2,1-2H3,(H,19,23). The minimum absolute atomic E-state index is 0.0619. The normalized spacial score (nSPS) is 10.9. The molecule has 3 rings (SSSR count).